The number of hydrogen-bond donors (Lipinski definition) is 1. The Labute approximate surface area is 111 Å². The lowest BCUT2D eigenvalue weighted by Gasteiger charge is -2.20. The monoisotopic (exact) mass is 263 g/mol. The Balaban J connectivity index is 2.17. The number of nitrogen functional groups attached to an aromatic ring is 1. The van der Waals surface area contributed by atoms with Gasteiger partial charge >= 0.3 is 0 Å². The largest absolute Gasteiger partial charge is 0.397 e. The number of carbonyl (C=O) groups is 1. The predicted octanol–water partition coefficient (Wildman–Crippen LogP) is 2.33. The average Bonchev–Trinajstić information content (AvgIpc) is 2.95. The molecule has 0 aliphatic rings. The second kappa shape index (κ2) is 5.27. The molecule has 0 unspecified atom stereocenters. The molecule has 0 saturated heterocycles. The molecule has 1 amide bonds. The molecule has 2 rings (SSSR count). The minimum absolute atomic E-state index is 0.0186. The van der Waals surface area contributed by atoms with Crippen molar-refractivity contribution >= 4 is 22.9 Å². The fourth-order valence-corrected chi connectivity index (χ4v) is 2.60. The van der Waals surface area contributed by atoms with Crippen molar-refractivity contribution in [3.63, 3.8) is 0 Å². The molecular formula is C13H17N3OS. The minimum Gasteiger partial charge on any atom is -0.397 e. The van der Waals surface area contributed by atoms with E-state index in [2.05, 4.69) is 0 Å². The van der Waals surface area contributed by atoms with E-state index >= 15 is 0 Å². The summed E-state index contributed by atoms with van der Waals surface area (Å²) in [4.78, 5) is 15.4. The topological polar surface area (TPSA) is 51.3 Å². The number of nitrogens with zero attached hydrogens (tertiary/aromatic N) is 2. The number of hydrogen-bond acceptors (Lipinski definition) is 3. The summed E-state index contributed by atoms with van der Waals surface area (Å²) in [6.45, 7) is 3.32. The normalized spacial score (nSPS) is 10.6. The third kappa shape index (κ3) is 2.56. The van der Waals surface area contributed by atoms with Gasteiger partial charge in [0.1, 0.15) is 5.69 Å². The van der Waals surface area contributed by atoms with Gasteiger partial charge in [-0.2, -0.15) is 0 Å². The van der Waals surface area contributed by atoms with Crippen molar-refractivity contribution in [2.75, 3.05) is 12.3 Å². The standard InChI is InChI=1S/C13H17N3OS/c1-3-16(9-11-5-4-6-18-11)13(17)12-7-10(14)8-15(12)2/h4-8H,3,9,14H2,1-2H3. The number of rotatable bonds is 4. The van der Waals surface area contributed by atoms with E-state index in [4.69, 9.17) is 5.73 Å². The highest BCUT2D eigenvalue weighted by Crippen LogP contribution is 2.16. The maximum Gasteiger partial charge on any atom is 0.270 e. The highest BCUT2D eigenvalue weighted by atomic mass is 32.1. The van der Waals surface area contributed by atoms with Crippen LogP contribution in [0.25, 0.3) is 0 Å². The molecule has 0 saturated carbocycles. The summed E-state index contributed by atoms with van der Waals surface area (Å²) >= 11 is 1.66. The summed E-state index contributed by atoms with van der Waals surface area (Å²) in [6, 6.07) is 5.76. The number of aryl methyl sites for hydroxylation is 1. The van der Waals surface area contributed by atoms with Gasteiger partial charge in [0.25, 0.3) is 5.91 Å². The van der Waals surface area contributed by atoms with Gasteiger partial charge in [-0.1, -0.05) is 6.07 Å². The Bertz CT molecular complexity index is 530. The number of aromatic nitrogens is 1. The van der Waals surface area contributed by atoms with Crippen molar-refractivity contribution in [1.82, 2.24) is 9.47 Å². The zero-order valence-electron chi connectivity index (χ0n) is 10.6. The van der Waals surface area contributed by atoms with Gasteiger partial charge in [0, 0.05) is 24.7 Å². The molecule has 0 bridgehead atoms. The van der Waals surface area contributed by atoms with Gasteiger partial charge in [0.15, 0.2) is 0 Å². The zero-order chi connectivity index (χ0) is 13.1. The van der Waals surface area contributed by atoms with E-state index in [9.17, 15) is 4.79 Å². The first kappa shape index (κ1) is 12.7. The van der Waals surface area contributed by atoms with Crippen LogP contribution in [0.3, 0.4) is 0 Å². The molecule has 0 aliphatic carbocycles. The number of thiophene rings is 1. The Morgan fingerprint density at radius 3 is 2.83 bits per heavy atom. The SMILES string of the molecule is CCN(Cc1cccs1)C(=O)c1cc(N)cn1C. The quantitative estimate of drug-likeness (QED) is 0.920. The van der Waals surface area contributed by atoms with E-state index in [1.54, 1.807) is 28.2 Å². The van der Waals surface area contributed by atoms with Gasteiger partial charge in [-0.15, -0.1) is 11.3 Å². The first-order valence-electron chi connectivity index (χ1n) is 5.85. The van der Waals surface area contributed by atoms with E-state index in [1.165, 1.54) is 4.88 Å². The maximum absolute atomic E-state index is 12.4. The Morgan fingerprint density at radius 2 is 2.33 bits per heavy atom. The third-order valence-corrected chi connectivity index (χ3v) is 3.70. The van der Waals surface area contributed by atoms with Gasteiger partial charge in [0.2, 0.25) is 0 Å². The number of anilines is 1. The van der Waals surface area contributed by atoms with Crippen LogP contribution in [0.4, 0.5) is 5.69 Å². The predicted molar refractivity (Wildman–Crippen MR) is 74.6 cm³/mol. The Hall–Kier alpha value is -1.75. The fraction of sp³-hybridized carbons (Fsp3) is 0.308. The highest BCUT2D eigenvalue weighted by Gasteiger charge is 2.18. The lowest BCUT2D eigenvalue weighted by atomic mass is 10.3. The number of amides is 1. The lowest BCUT2D eigenvalue weighted by molar-refractivity contribution is 0.0744. The number of carbonyl (C=O) groups excluding carboxylic acids is 1. The Morgan fingerprint density at radius 1 is 1.56 bits per heavy atom. The molecule has 2 heterocycles. The van der Waals surface area contributed by atoms with Gasteiger partial charge < -0.3 is 15.2 Å². The molecule has 0 atom stereocenters. The minimum atomic E-state index is 0.0186. The molecule has 96 valence electrons. The molecule has 0 radical (unpaired) electrons. The molecule has 0 fully saturated rings. The molecular weight excluding hydrogens is 246 g/mol. The molecule has 2 aromatic rings. The van der Waals surface area contributed by atoms with E-state index in [0.29, 0.717) is 24.5 Å². The molecule has 5 heteroatoms. The average molecular weight is 263 g/mol. The van der Waals surface area contributed by atoms with Crippen LogP contribution in [0.2, 0.25) is 0 Å². The molecule has 0 spiro atoms. The van der Waals surface area contributed by atoms with Crippen LogP contribution < -0.4 is 5.73 Å². The van der Waals surface area contributed by atoms with Crippen molar-refractivity contribution in [2.24, 2.45) is 7.05 Å². The van der Waals surface area contributed by atoms with Gasteiger partial charge in [-0.3, -0.25) is 4.79 Å². The van der Waals surface area contributed by atoms with Crippen molar-refractivity contribution in [2.45, 2.75) is 13.5 Å². The highest BCUT2D eigenvalue weighted by molar-refractivity contribution is 7.09. The lowest BCUT2D eigenvalue weighted by Crippen LogP contribution is -2.31. The second-order valence-corrected chi connectivity index (χ2v) is 5.20. The van der Waals surface area contributed by atoms with E-state index < -0.39 is 0 Å². The fourth-order valence-electron chi connectivity index (χ4n) is 1.88. The van der Waals surface area contributed by atoms with Crippen LogP contribution in [0.1, 0.15) is 22.3 Å². The summed E-state index contributed by atoms with van der Waals surface area (Å²) in [7, 11) is 1.84. The third-order valence-electron chi connectivity index (χ3n) is 2.84. The van der Waals surface area contributed by atoms with Crippen molar-refractivity contribution in [3.8, 4) is 0 Å². The van der Waals surface area contributed by atoms with Crippen LogP contribution in [0, 0.1) is 0 Å². The van der Waals surface area contributed by atoms with Crippen molar-refractivity contribution in [3.05, 3.63) is 40.3 Å². The van der Waals surface area contributed by atoms with Gasteiger partial charge in [0.05, 0.1) is 12.2 Å². The summed E-state index contributed by atoms with van der Waals surface area (Å²) in [5.74, 6) is 0.0186. The van der Waals surface area contributed by atoms with Crippen molar-refractivity contribution < 1.29 is 4.79 Å². The zero-order valence-corrected chi connectivity index (χ0v) is 11.4. The van der Waals surface area contributed by atoms with E-state index in [0.717, 1.165) is 0 Å². The van der Waals surface area contributed by atoms with Gasteiger partial charge in [-0.05, 0) is 24.4 Å². The summed E-state index contributed by atoms with van der Waals surface area (Å²) in [5, 5.41) is 2.02. The molecule has 2 N–H and O–H groups in total. The number of nitrogens with two attached hydrogens (primary N) is 1. The second-order valence-electron chi connectivity index (χ2n) is 4.17. The van der Waals surface area contributed by atoms with E-state index in [1.807, 2.05) is 36.4 Å². The summed E-state index contributed by atoms with van der Waals surface area (Å²) < 4.78 is 1.77. The van der Waals surface area contributed by atoms with Crippen LogP contribution in [-0.4, -0.2) is 21.9 Å². The summed E-state index contributed by atoms with van der Waals surface area (Å²) in [5.41, 5.74) is 6.95. The van der Waals surface area contributed by atoms with Gasteiger partial charge in [-0.25, -0.2) is 0 Å². The van der Waals surface area contributed by atoms with Crippen LogP contribution >= 0.6 is 11.3 Å². The Kier molecular flexibility index (Phi) is 3.72. The van der Waals surface area contributed by atoms with E-state index in [-0.39, 0.29) is 5.91 Å². The van der Waals surface area contributed by atoms with Crippen LogP contribution in [0.5, 0.6) is 0 Å². The maximum atomic E-state index is 12.4. The first-order chi connectivity index (χ1) is 8.61. The molecule has 18 heavy (non-hydrogen) atoms. The smallest absolute Gasteiger partial charge is 0.270 e. The van der Waals surface area contributed by atoms with Crippen molar-refractivity contribution in [1.29, 1.82) is 0 Å². The molecule has 2 aromatic heterocycles. The summed E-state index contributed by atoms with van der Waals surface area (Å²) in [6.07, 6.45) is 1.76. The van der Waals surface area contributed by atoms with Crippen LogP contribution in [0.15, 0.2) is 29.8 Å². The molecule has 0 aliphatic heterocycles. The first-order valence-corrected chi connectivity index (χ1v) is 6.73. The van der Waals surface area contributed by atoms with Crippen LogP contribution in [-0.2, 0) is 13.6 Å². The molecule has 0 aromatic carbocycles. The molecule has 4 nitrogen and oxygen atoms in total.